The number of fused-ring (bicyclic) bond motifs is 1. The lowest BCUT2D eigenvalue weighted by Crippen LogP contribution is -2.39. The molecule has 1 aromatic carbocycles. The third-order valence-electron chi connectivity index (χ3n) is 5.57. The Morgan fingerprint density at radius 3 is 2.92 bits per heavy atom. The van der Waals surface area contributed by atoms with Crippen LogP contribution in [0.15, 0.2) is 37.1 Å². The molecule has 3 heterocycles. The van der Waals surface area contributed by atoms with Gasteiger partial charge in [-0.3, -0.25) is 4.90 Å². The summed E-state index contributed by atoms with van der Waals surface area (Å²) in [4.78, 5) is 15.7. The van der Waals surface area contributed by atoms with Crippen LogP contribution in [-0.4, -0.2) is 44.6 Å². The molecule has 0 radical (unpaired) electrons. The predicted molar refractivity (Wildman–Crippen MR) is 104 cm³/mol. The van der Waals surface area contributed by atoms with Crippen LogP contribution in [-0.2, 0) is 7.05 Å². The summed E-state index contributed by atoms with van der Waals surface area (Å²) in [5.74, 6) is 1.45. The zero-order chi connectivity index (χ0) is 18.1. The summed E-state index contributed by atoms with van der Waals surface area (Å²) < 4.78 is 2.14. The summed E-state index contributed by atoms with van der Waals surface area (Å²) in [6.07, 6.45) is 7.97. The number of aromatic nitrogens is 4. The summed E-state index contributed by atoms with van der Waals surface area (Å²) in [7, 11) is 4.30. The maximum absolute atomic E-state index is 4.52. The number of hydrogen-bond acceptors (Lipinski definition) is 5. The van der Waals surface area contributed by atoms with E-state index in [1.807, 2.05) is 24.7 Å². The predicted octanol–water partition coefficient (Wildman–Crippen LogP) is 3.17. The van der Waals surface area contributed by atoms with Crippen LogP contribution >= 0.6 is 0 Å². The lowest BCUT2D eigenvalue weighted by Gasteiger charge is -2.39. The van der Waals surface area contributed by atoms with E-state index in [0.29, 0.717) is 12.0 Å². The standard InChI is InChI=1S/C20H26N6/c1-14-6-4-8-16-18(14)20(24-12-23-16)22-10-15-7-5-9-25(2)19(15)17-11-21-13-26(17)3/h4,6,8,11-13,15,19H,5,7,9-10H2,1-3H3,(H,22,23,24)/t15-,19+/m0/s1. The fraction of sp³-hybridized carbons (Fsp3) is 0.450. The summed E-state index contributed by atoms with van der Waals surface area (Å²) in [6, 6.07) is 6.58. The van der Waals surface area contributed by atoms with Crippen molar-refractivity contribution in [3.05, 3.63) is 48.3 Å². The third-order valence-corrected chi connectivity index (χ3v) is 5.57. The zero-order valence-corrected chi connectivity index (χ0v) is 15.7. The molecule has 0 spiro atoms. The Morgan fingerprint density at radius 2 is 2.12 bits per heavy atom. The van der Waals surface area contributed by atoms with Crippen LogP contribution in [0.2, 0.25) is 0 Å². The largest absolute Gasteiger partial charge is 0.369 e. The molecule has 26 heavy (non-hydrogen) atoms. The van der Waals surface area contributed by atoms with E-state index in [1.165, 1.54) is 24.1 Å². The van der Waals surface area contributed by atoms with Crippen molar-refractivity contribution >= 4 is 16.7 Å². The number of nitrogens with zero attached hydrogens (tertiary/aromatic N) is 5. The molecule has 1 fully saturated rings. The molecule has 0 unspecified atom stereocenters. The third kappa shape index (κ3) is 3.05. The fourth-order valence-corrected chi connectivity index (χ4v) is 4.24. The van der Waals surface area contributed by atoms with E-state index in [0.717, 1.165) is 29.8 Å². The first-order chi connectivity index (χ1) is 12.6. The van der Waals surface area contributed by atoms with Crippen molar-refractivity contribution in [2.45, 2.75) is 25.8 Å². The van der Waals surface area contributed by atoms with Crippen molar-refractivity contribution in [1.82, 2.24) is 24.4 Å². The molecule has 6 heteroatoms. The highest BCUT2D eigenvalue weighted by Gasteiger charge is 2.32. The molecule has 136 valence electrons. The van der Waals surface area contributed by atoms with Crippen LogP contribution in [0.1, 0.15) is 30.1 Å². The average Bonchev–Trinajstić information content (AvgIpc) is 3.05. The molecule has 1 N–H and O–H groups in total. The van der Waals surface area contributed by atoms with E-state index < -0.39 is 0 Å². The summed E-state index contributed by atoms with van der Waals surface area (Å²) in [5, 5.41) is 4.74. The van der Waals surface area contributed by atoms with Crippen LogP contribution in [0.25, 0.3) is 10.9 Å². The van der Waals surface area contributed by atoms with Gasteiger partial charge in [-0.1, -0.05) is 12.1 Å². The van der Waals surface area contributed by atoms with Gasteiger partial charge < -0.3 is 9.88 Å². The average molecular weight is 350 g/mol. The van der Waals surface area contributed by atoms with Crippen LogP contribution in [0.5, 0.6) is 0 Å². The summed E-state index contributed by atoms with van der Waals surface area (Å²) in [5.41, 5.74) is 3.48. The van der Waals surface area contributed by atoms with Crippen molar-refractivity contribution in [3.63, 3.8) is 0 Å². The van der Waals surface area contributed by atoms with Gasteiger partial charge in [-0.2, -0.15) is 0 Å². The number of piperidine rings is 1. The first-order valence-corrected chi connectivity index (χ1v) is 9.26. The zero-order valence-electron chi connectivity index (χ0n) is 15.7. The maximum Gasteiger partial charge on any atom is 0.137 e. The number of aryl methyl sites for hydroxylation is 2. The molecule has 1 saturated heterocycles. The normalized spacial score (nSPS) is 21.2. The second kappa shape index (κ2) is 7.03. The van der Waals surface area contributed by atoms with Gasteiger partial charge in [0.15, 0.2) is 0 Å². The van der Waals surface area contributed by atoms with Gasteiger partial charge in [-0.15, -0.1) is 0 Å². The van der Waals surface area contributed by atoms with Crippen LogP contribution < -0.4 is 5.32 Å². The van der Waals surface area contributed by atoms with Gasteiger partial charge in [0.05, 0.1) is 23.6 Å². The quantitative estimate of drug-likeness (QED) is 0.783. The Morgan fingerprint density at radius 1 is 1.23 bits per heavy atom. The van der Waals surface area contributed by atoms with Gasteiger partial charge in [-0.25, -0.2) is 15.0 Å². The minimum Gasteiger partial charge on any atom is -0.369 e. The Labute approximate surface area is 154 Å². The molecular weight excluding hydrogens is 324 g/mol. The molecule has 0 amide bonds. The Bertz CT molecular complexity index is 897. The van der Waals surface area contributed by atoms with E-state index in [2.05, 4.69) is 56.8 Å². The highest BCUT2D eigenvalue weighted by molar-refractivity contribution is 5.91. The molecule has 1 aliphatic heterocycles. The van der Waals surface area contributed by atoms with Gasteiger partial charge in [-0.05, 0) is 50.9 Å². The molecule has 6 nitrogen and oxygen atoms in total. The first kappa shape index (κ1) is 17.0. The molecule has 3 aromatic rings. The minimum absolute atomic E-state index is 0.373. The van der Waals surface area contributed by atoms with E-state index in [1.54, 1.807) is 6.33 Å². The Hall–Kier alpha value is -2.47. The highest BCUT2D eigenvalue weighted by Crippen LogP contribution is 2.35. The number of imidazole rings is 1. The first-order valence-electron chi connectivity index (χ1n) is 9.26. The summed E-state index contributed by atoms with van der Waals surface area (Å²) in [6.45, 7) is 4.13. The van der Waals surface area contributed by atoms with Crippen molar-refractivity contribution < 1.29 is 0 Å². The number of benzene rings is 1. The van der Waals surface area contributed by atoms with Gasteiger partial charge in [0.2, 0.25) is 0 Å². The maximum atomic E-state index is 4.52. The molecule has 2 aromatic heterocycles. The van der Waals surface area contributed by atoms with Gasteiger partial charge in [0.1, 0.15) is 12.1 Å². The smallest absolute Gasteiger partial charge is 0.137 e. The number of likely N-dealkylation sites (tertiary alicyclic amines) is 1. The molecule has 2 atom stereocenters. The number of nitrogens with one attached hydrogen (secondary N) is 1. The lowest BCUT2D eigenvalue weighted by molar-refractivity contribution is 0.122. The van der Waals surface area contributed by atoms with Crippen molar-refractivity contribution in [2.24, 2.45) is 13.0 Å². The van der Waals surface area contributed by atoms with Crippen molar-refractivity contribution in [3.8, 4) is 0 Å². The second-order valence-corrected chi connectivity index (χ2v) is 7.33. The molecule has 0 saturated carbocycles. The molecule has 0 aliphatic carbocycles. The van der Waals surface area contributed by atoms with Crippen LogP contribution in [0.4, 0.5) is 5.82 Å². The minimum atomic E-state index is 0.373. The monoisotopic (exact) mass is 350 g/mol. The SMILES string of the molecule is Cc1cccc2ncnc(NC[C@@H]3CCCN(C)[C@H]3c3cncn3C)c12. The summed E-state index contributed by atoms with van der Waals surface area (Å²) >= 11 is 0. The Kier molecular flexibility index (Phi) is 4.59. The van der Waals surface area contributed by atoms with Gasteiger partial charge in [0.25, 0.3) is 0 Å². The second-order valence-electron chi connectivity index (χ2n) is 7.33. The van der Waals surface area contributed by atoms with E-state index in [9.17, 15) is 0 Å². The van der Waals surface area contributed by atoms with Crippen molar-refractivity contribution in [2.75, 3.05) is 25.5 Å². The van der Waals surface area contributed by atoms with Crippen molar-refractivity contribution in [1.29, 1.82) is 0 Å². The van der Waals surface area contributed by atoms with Crippen LogP contribution in [0, 0.1) is 12.8 Å². The fourth-order valence-electron chi connectivity index (χ4n) is 4.24. The molecule has 0 bridgehead atoms. The van der Waals surface area contributed by atoms with E-state index in [4.69, 9.17) is 0 Å². The number of anilines is 1. The van der Waals surface area contributed by atoms with Crippen LogP contribution in [0.3, 0.4) is 0 Å². The number of hydrogen-bond donors (Lipinski definition) is 1. The van der Waals surface area contributed by atoms with E-state index >= 15 is 0 Å². The highest BCUT2D eigenvalue weighted by atomic mass is 15.2. The number of rotatable bonds is 4. The molecular formula is C20H26N6. The van der Waals surface area contributed by atoms with E-state index in [-0.39, 0.29) is 0 Å². The molecule has 1 aliphatic rings. The molecule has 4 rings (SSSR count). The van der Waals surface area contributed by atoms with Gasteiger partial charge >= 0.3 is 0 Å². The Balaban J connectivity index is 1.60. The lowest BCUT2D eigenvalue weighted by atomic mass is 9.87. The van der Waals surface area contributed by atoms with Gasteiger partial charge in [0, 0.05) is 25.2 Å². The topological polar surface area (TPSA) is 58.9 Å².